The molecule has 122 valence electrons. The van der Waals surface area contributed by atoms with Crippen molar-refractivity contribution in [1.82, 2.24) is 9.80 Å². The number of nitrogens with zero attached hydrogens (tertiary/aromatic N) is 2. The molecule has 2 aliphatic heterocycles. The van der Waals surface area contributed by atoms with Crippen molar-refractivity contribution < 1.29 is 9.53 Å². The van der Waals surface area contributed by atoms with E-state index in [1.807, 2.05) is 0 Å². The van der Waals surface area contributed by atoms with Crippen LogP contribution in [-0.2, 0) is 9.53 Å². The van der Waals surface area contributed by atoms with Crippen molar-refractivity contribution >= 4 is 5.97 Å². The van der Waals surface area contributed by atoms with E-state index in [2.05, 4.69) is 9.80 Å². The molecule has 0 aromatic rings. The summed E-state index contributed by atoms with van der Waals surface area (Å²) in [4.78, 5) is 16.7. The summed E-state index contributed by atoms with van der Waals surface area (Å²) >= 11 is 0. The van der Waals surface area contributed by atoms with E-state index in [1.165, 1.54) is 52.3 Å². The Morgan fingerprint density at radius 1 is 1.19 bits per heavy atom. The van der Waals surface area contributed by atoms with Crippen molar-refractivity contribution in [2.45, 2.75) is 57.0 Å². The number of rotatable bonds is 5. The molecule has 2 heterocycles. The van der Waals surface area contributed by atoms with Crippen LogP contribution >= 0.6 is 0 Å². The Hall–Kier alpha value is -0.650. The molecule has 2 N–H and O–H groups in total. The standard InChI is InChI=1S/C16H31N3O2/c1-16(17,15(20)21-2)8-13-18-11-6-14(7-12-18)19-9-4-3-5-10-19/h14H,3-13,17H2,1-2H3. The normalized spacial score (nSPS) is 25.5. The second kappa shape index (κ2) is 7.56. The molecule has 2 saturated heterocycles. The first-order valence-electron chi connectivity index (χ1n) is 8.36. The molecular weight excluding hydrogens is 266 g/mol. The summed E-state index contributed by atoms with van der Waals surface area (Å²) in [5.41, 5.74) is 5.16. The number of piperidine rings is 2. The fourth-order valence-electron chi connectivity index (χ4n) is 3.52. The second-order valence-electron chi connectivity index (χ2n) is 6.83. The summed E-state index contributed by atoms with van der Waals surface area (Å²) in [5, 5.41) is 0. The summed E-state index contributed by atoms with van der Waals surface area (Å²) in [6.07, 6.45) is 7.29. The van der Waals surface area contributed by atoms with Gasteiger partial charge in [-0.2, -0.15) is 0 Å². The Bertz CT molecular complexity index is 332. The molecule has 1 atom stereocenters. The molecule has 2 aliphatic rings. The summed E-state index contributed by atoms with van der Waals surface area (Å²) < 4.78 is 4.76. The van der Waals surface area contributed by atoms with E-state index in [1.54, 1.807) is 6.92 Å². The number of nitrogens with two attached hydrogens (primary N) is 1. The minimum atomic E-state index is -0.863. The largest absolute Gasteiger partial charge is 0.468 e. The molecule has 21 heavy (non-hydrogen) atoms. The number of carbonyl (C=O) groups excluding carboxylic acids is 1. The fourth-order valence-corrected chi connectivity index (χ4v) is 3.52. The van der Waals surface area contributed by atoms with Gasteiger partial charge in [0.1, 0.15) is 5.54 Å². The summed E-state index contributed by atoms with van der Waals surface area (Å²) in [7, 11) is 1.40. The topological polar surface area (TPSA) is 58.8 Å². The monoisotopic (exact) mass is 297 g/mol. The molecule has 0 bridgehead atoms. The molecule has 5 heteroatoms. The third-order valence-corrected chi connectivity index (χ3v) is 5.06. The number of ether oxygens (including phenoxy) is 1. The zero-order chi connectivity index (χ0) is 15.3. The Kier molecular flexibility index (Phi) is 6.02. The van der Waals surface area contributed by atoms with E-state index in [0.717, 1.165) is 25.7 Å². The van der Waals surface area contributed by atoms with Crippen molar-refractivity contribution in [2.75, 3.05) is 39.8 Å². The number of carbonyl (C=O) groups is 1. The first-order chi connectivity index (χ1) is 10.0. The van der Waals surface area contributed by atoms with Gasteiger partial charge < -0.3 is 20.3 Å². The maximum atomic E-state index is 11.6. The Morgan fingerprint density at radius 2 is 1.81 bits per heavy atom. The minimum absolute atomic E-state index is 0.314. The molecule has 2 fully saturated rings. The van der Waals surface area contributed by atoms with Gasteiger partial charge in [0.05, 0.1) is 7.11 Å². The van der Waals surface area contributed by atoms with Gasteiger partial charge in [-0.1, -0.05) is 6.42 Å². The lowest BCUT2D eigenvalue weighted by Crippen LogP contribution is -2.50. The first-order valence-corrected chi connectivity index (χ1v) is 8.36. The third kappa shape index (κ3) is 4.66. The molecule has 0 aromatic carbocycles. The van der Waals surface area contributed by atoms with Crippen LogP contribution < -0.4 is 5.73 Å². The Labute approximate surface area is 128 Å². The number of likely N-dealkylation sites (tertiary alicyclic amines) is 2. The van der Waals surface area contributed by atoms with Crippen molar-refractivity contribution in [2.24, 2.45) is 5.73 Å². The van der Waals surface area contributed by atoms with Gasteiger partial charge in [-0.3, -0.25) is 4.79 Å². The van der Waals surface area contributed by atoms with E-state index in [-0.39, 0.29) is 5.97 Å². The van der Waals surface area contributed by atoms with Gasteiger partial charge in [-0.05, 0) is 65.2 Å². The Balaban J connectivity index is 1.70. The van der Waals surface area contributed by atoms with Crippen molar-refractivity contribution in [3.8, 4) is 0 Å². The van der Waals surface area contributed by atoms with Crippen LogP contribution in [0.15, 0.2) is 0 Å². The molecule has 0 amide bonds. The van der Waals surface area contributed by atoms with E-state index in [0.29, 0.717) is 6.42 Å². The van der Waals surface area contributed by atoms with Crippen LogP contribution in [0.2, 0.25) is 0 Å². The van der Waals surface area contributed by atoms with Gasteiger partial charge in [-0.25, -0.2) is 0 Å². The lowest BCUT2D eigenvalue weighted by Gasteiger charge is -2.40. The lowest BCUT2D eigenvalue weighted by atomic mass is 9.96. The van der Waals surface area contributed by atoms with Crippen molar-refractivity contribution in [3.05, 3.63) is 0 Å². The molecule has 0 aliphatic carbocycles. The van der Waals surface area contributed by atoms with Crippen LogP contribution in [-0.4, -0.2) is 67.2 Å². The predicted molar refractivity (Wildman–Crippen MR) is 84.1 cm³/mol. The van der Waals surface area contributed by atoms with Gasteiger partial charge >= 0.3 is 5.97 Å². The third-order valence-electron chi connectivity index (χ3n) is 5.06. The maximum Gasteiger partial charge on any atom is 0.325 e. The molecule has 0 aromatic heterocycles. The van der Waals surface area contributed by atoms with E-state index in [9.17, 15) is 4.79 Å². The molecule has 2 rings (SSSR count). The van der Waals surface area contributed by atoms with Crippen LogP contribution in [0.25, 0.3) is 0 Å². The van der Waals surface area contributed by atoms with Crippen LogP contribution in [0.5, 0.6) is 0 Å². The van der Waals surface area contributed by atoms with E-state index < -0.39 is 5.54 Å². The van der Waals surface area contributed by atoms with Gasteiger partial charge in [-0.15, -0.1) is 0 Å². The number of methoxy groups -OCH3 is 1. The van der Waals surface area contributed by atoms with Gasteiger partial charge in [0.2, 0.25) is 0 Å². The van der Waals surface area contributed by atoms with Crippen molar-refractivity contribution in [1.29, 1.82) is 0 Å². The number of esters is 1. The molecule has 1 unspecified atom stereocenters. The van der Waals surface area contributed by atoms with Crippen LogP contribution in [0.1, 0.15) is 45.4 Å². The molecule has 0 radical (unpaired) electrons. The molecule has 5 nitrogen and oxygen atoms in total. The first kappa shape index (κ1) is 16.7. The van der Waals surface area contributed by atoms with Crippen molar-refractivity contribution in [3.63, 3.8) is 0 Å². The highest BCUT2D eigenvalue weighted by Gasteiger charge is 2.31. The maximum absolute atomic E-state index is 11.6. The van der Waals surface area contributed by atoms with Crippen LogP contribution in [0.3, 0.4) is 0 Å². The fraction of sp³-hybridized carbons (Fsp3) is 0.938. The summed E-state index contributed by atoms with van der Waals surface area (Å²) in [6.45, 7) is 7.47. The summed E-state index contributed by atoms with van der Waals surface area (Å²) in [6, 6.07) is 0.770. The zero-order valence-electron chi connectivity index (χ0n) is 13.6. The predicted octanol–water partition coefficient (Wildman–Crippen LogP) is 1.22. The highest BCUT2D eigenvalue weighted by molar-refractivity contribution is 5.79. The molecule has 0 saturated carbocycles. The van der Waals surface area contributed by atoms with Crippen LogP contribution in [0.4, 0.5) is 0 Å². The lowest BCUT2D eigenvalue weighted by molar-refractivity contribution is -0.146. The highest BCUT2D eigenvalue weighted by Crippen LogP contribution is 2.21. The second-order valence-corrected chi connectivity index (χ2v) is 6.83. The number of hydrogen-bond acceptors (Lipinski definition) is 5. The SMILES string of the molecule is COC(=O)C(C)(N)CCN1CCC(N2CCCCC2)CC1. The average molecular weight is 297 g/mol. The van der Waals surface area contributed by atoms with Gasteiger partial charge in [0, 0.05) is 12.6 Å². The molecular formula is C16H31N3O2. The smallest absolute Gasteiger partial charge is 0.325 e. The van der Waals surface area contributed by atoms with Gasteiger partial charge in [0.15, 0.2) is 0 Å². The van der Waals surface area contributed by atoms with Crippen LogP contribution in [0, 0.1) is 0 Å². The van der Waals surface area contributed by atoms with E-state index in [4.69, 9.17) is 10.5 Å². The van der Waals surface area contributed by atoms with E-state index >= 15 is 0 Å². The zero-order valence-corrected chi connectivity index (χ0v) is 13.6. The molecule has 0 spiro atoms. The minimum Gasteiger partial charge on any atom is -0.468 e. The highest BCUT2D eigenvalue weighted by atomic mass is 16.5. The average Bonchev–Trinajstić information content (AvgIpc) is 2.53. The quantitative estimate of drug-likeness (QED) is 0.773. The number of hydrogen-bond donors (Lipinski definition) is 1. The Morgan fingerprint density at radius 3 is 2.38 bits per heavy atom. The summed E-state index contributed by atoms with van der Waals surface area (Å²) in [5.74, 6) is -0.314. The van der Waals surface area contributed by atoms with Gasteiger partial charge in [0.25, 0.3) is 0 Å².